The first kappa shape index (κ1) is 23.7. The molecule has 0 bridgehead atoms. The topological polar surface area (TPSA) is 105 Å². The lowest BCUT2D eigenvalue weighted by molar-refractivity contribution is 0.0939. The molecule has 1 aliphatic heterocycles. The molecule has 32 heavy (non-hydrogen) atoms. The van der Waals surface area contributed by atoms with Gasteiger partial charge in [0, 0.05) is 37.7 Å². The number of aryl methyl sites for hydroxylation is 1. The Balaban J connectivity index is 1.63. The minimum absolute atomic E-state index is 0.0473. The van der Waals surface area contributed by atoms with E-state index in [9.17, 15) is 4.79 Å². The lowest BCUT2D eigenvalue weighted by Gasteiger charge is -2.25. The van der Waals surface area contributed by atoms with Gasteiger partial charge in [-0.25, -0.2) is 14.7 Å². The second-order valence-corrected chi connectivity index (χ2v) is 8.12. The fourth-order valence-corrected chi connectivity index (χ4v) is 3.57. The van der Waals surface area contributed by atoms with Crippen molar-refractivity contribution in [3.05, 3.63) is 47.0 Å². The number of guanidine groups is 1. The second kappa shape index (κ2) is 11.6. The van der Waals surface area contributed by atoms with E-state index in [0.29, 0.717) is 18.7 Å². The number of hydrogen-bond acceptors (Lipinski definition) is 5. The highest BCUT2D eigenvalue weighted by Gasteiger charge is 2.22. The molecule has 1 aromatic heterocycles. The van der Waals surface area contributed by atoms with Gasteiger partial charge >= 0.3 is 0 Å². The Bertz CT molecular complexity index is 925. The summed E-state index contributed by atoms with van der Waals surface area (Å²) in [4.78, 5) is 21.7. The third kappa shape index (κ3) is 6.53. The maximum absolute atomic E-state index is 12.4. The van der Waals surface area contributed by atoms with E-state index in [-0.39, 0.29) is 18.0 Å². The van der Waals surface area contributed by atoms with Gasteiger partial charge in [0.25, 0.3) is 5.91 Å². The Morgan fingerprint density at radius 2 is 2.22 bits per heavy atom. The molecule has 0 saturated heterocycles. The number of rotatable bonds is 9. The molecule has 2 heterocycles. The van der Waals surface area contributed by atoms with Crippen molar-refractivity contribution in [2.24, 2.45) is 4.99 Å². The normalized spacial score (nSPS) is 16.9. The molecule has 0 spiro atoms. The molecule has 0 radical (unpaired) electrons. The molecule has 0 fully saturated rings. The van der Waals surface area contributed by atoms with E-state index in [2.05, 4.69) is 33.0 Å². The Hall–Kier alpha value is -2.94. The number of amides is 1. The van der Waals surface area contributed by atoms with E-state index in [1.165, 1.54) is 0 Å². The molecule has 1 amide bonds. The van der Waals surface area contributed by atoms with E-state index in [4.69, 9.17) is 9.73 Å². The minimum Gasteiger partial charge on any atom is -0.377 e. The number of carbonyl (C=O) groups excluding carboxylic acids is 1. The number of nitrogens with one attached hydrogen (secondary N) is 3. The Morgan fingerprint density at radius 3 is 2.97 bits per heavy atom. The van der Waals surface area contributed by atoms with Gasteiger partial charge in [-0.3, -0.25) is 4.79 Å². The van der Waals surface area contributed by atoms with Crippen LogP contribution in [0, 0.1) is 0 Å². The molecule has 2 unspecified atom stereocenters. The predicted octanol–water partition coefficient (Wildman–Crippen LogP) is 2.02. The molecule has 2 aromatic rings. The fourth-order valence-electron chi connectivity index (χ4n) is 3.57. The zero-order chi connectivity index (χ0) is 22.9. The summed E-state index contributed by atoms with van der Waals surface area (Å²) in [5, 5.41) is 14.4. The van der Waals surface area contributed by atoms with Crippen LogP contribution in [0.1, 0.15) is 61.2 Å². The van der Waals surface area contributed by atoms with Gasteiger partial charge in [0.05, 0.1) is 13.1 Å². The molecule has 1 aliphatic rings. The van der Waals surface area contributed by atoms with Crippen LogP contribution < -0.4 is 16.0 Å². The van der Waals surface area contributed by atoms with E-state index in [1.54, 1.807) is 7.11 Å². The van der Waals surface area contributed by atoms with Crippen molar-refractivity contribution in [2.45, 2.75) is 71.8 Å². The first-order valence-corrected chi connectivity index (χ1v) is 11.4. The summed E-state index contributed by atoms with van der Waals surface area (Å²) in [6.45, 7) is 8.52. The molecular weight excluding hydrogens is 406 g/mol. The standard InChI is InChI=1S/C23H35N7O2/c1-5-16(3)26-22(31)18-9-7-8-17(12-18)13-25-23(24-6-2)27-19-10-11-21-28-20(15-32-4)29-30(21)14-19/h7-9,12,16,19H,5-6,10-11,13-15H2,1-4H3,(H,26,31)(H2,24,25,27). The molecule has 0 saturated carbocycles. The average Bonchev–Trinajstić information content (AvgIpc) is 3.19. The van der Waals surface area contributed by atoms with Crippen molar-refractivity contribution < 1.29 is 9.53 Å². The average molecular weight is 442 g/mol. The number of benzene rings is 1. The summed E-state index contributed by atoms with van der Waals surface area (Å²) < 4.78 is 7.10. The Labute approximate surface area is 190 Å². The number of hydrogen-bond donors (Lipinski definition) is 3. The summed E-state index contributed by atoms with van der Waals surface area (Å²) in [6, 6.07) is 8.01. The first-order valence-electron chi connectivity index (χ1n) is 11.4. The van der Waals surface area contributed by atoms with E-state index < -0.39 is 0 Å². The molecule has 9 nitrogen and oxygen atoms in total. The molecule has 3 rings (SSSR count). The number of methoxy groups -OCH3 is 1. The smallest absolute Gasteiger partial charge is 0.251 e. The van der Waals surface area contributed by atoms with E-state index in [0.717, 1.165) is 55.5 Å². The van der Waals surface area contributed by atoms with E-state index >= 15 is 0 Å². The molecular formula is C23H35N7O2. The molecule has 2 atom stereocenters. The molecule has 174 valence electrons. The first-order chi connectivity index (χ1) is 15.5. The Morgan fingerprint density at radius 1 is 1.38 bits per heavy atom. The highest BCUT2D eigenvalue weighted by atomic mass is 16.5. The van der Waals surface area contributed by atoms with Gasteiger partial charge in [-0.2, -0.15) is 5.10 Å². The van der Waals surface area contributed by atoms with Crippen LogP contribution in [0.15, 0.2) is 29.3 Å². The molecule has 0 aliphatic carbocycles. The van der Waals surface area contributed by atoms with Crippen LogP contribution in [0.4, 0.5) is 0 Å². The predicted molar refractivity (Wildman–Crippen MR) is 124 cm³/mol. The largest absolute Gasteiger partial charge is 0.377 e. The summed E-state index contributed by atoms with van der Waals surface area (Å²) >= 11 is 0. The van der Waals surface area contributed by atoms with Gasteiger partial charge in [-0.05, 0) is 44.4 Å². The highest BCUT2D eigenvalue weighted by molar-refractivity contribution is 5.94. The van der Waals surface area contributed by atoms with Crippen LogP contribution in [-0.4, -0.2) is 52.4 Å². The molecule has 9 heteroatoms. The van der Waals surface area contributed by atoms with Crippen LogP contribution in [0.5, 0.6) is 0 Å². The zero-order valence-corrected chi connectivity index (χ0v) is 19.5. The third-order valence-electron chi connectivity index (χ3n) is 5.46. The van der Waals surface area contributed by atoms with Crippen molar-refractivity contribution >= 4 is 11.9 Å². The monoisotopic (exact) mass is 441 g/mol. The summed E-state index contributed by atoms with van der Waals surface area (Å²) in [7, 11) is 1.65. The second-order valence-electron chi connectivity index (χ2n) is 8.12. The van der Waals surface area contributed by atoms with Gasteiger partial charge in [0.1, 0.15) is 12.4 Å². The maximum atomic E-state index is 12.4. The fraction of sp³-hybridized carbons (Fsp3) is 0.565. The number of fused-ring (bicyclic) bond motifs is 1. The number of aromatic nitrogens is 3. The quantitative estimate of drug-likeness (QED) is 0.406. The van der Waals surface area contributed by atoms with Gasteiger partial charge in [-0.1, -0.05) is 19.1 Å². The van der Waals surface area contributed by atoms with Crippen molar-refractivity contribution in [3.63, 3.8) is 0 Å². The van der Waals surface area contributed by atoms with Gasteiger partial charge in [-0.15, -0.1) is 0 Å². The lowest BCUT2D eigenvalue weighted by atomic mass is 10.1. The maximum Gasteiger partial charge on any atom is 0.251 e. The van der Waals surface area contributed by atoms with E-state index in [1.807, 2.05) is 42.8 Å². The van der Waals surface area contributed by atoms with Crippen molar-refractivity contribution in [3.8, 4) is 0 Å². The van der Waals surface area contributed by atoms with Crippen LogP contribution in [0.25, 0.3) is 0 Å². The summed E-state index contributed by atoms with van der Waals surface area (Å²) in [5.41, 5.74) is 1.65. The van der Waals surface area contributed by atoms with Crippen LogP contribution >= 0.6 is 0 Å². The van der Waals surface area contributed by atoms with Crippen molar-refractivity contribution in [2.75, 3.05) is 13.7 Å². The van der Waals surface area contributed by atoms with Crippen LogP contribution in [0.3, 0.4) is 0 Å². The molecule has 3 N–H and O–H groups in total. The number of aliphatic imine (C=N–C) groups is 1. The van der Waals surface area contributed by atoms with Crippen LogP contribution in [0.2, 0.25) is 0 Å². The molecule has 1 aromatic carbocycles. The number of ether oxygens (including phenoxy) is 1. The summed E-state index contributed by atoms with van der Waals surface area (Å²) in [5.74, 6) is 2.44. The zero-order valence-electron chi connectivity index (χ0n) is 19.5. The Kier molecular flexibility index (Phi) is 8.61. The van der Waals surface area contributed by atoms with Gasteiger partial charge in [0.2, 0.25) is 0 Å². The van der Waals surface area contributed by atoms with Crippen molar-refractivity contribution in [1.82, 2.24) is 30.7 Å². The highest BCUT2D eigenvalue weighted by Crippen LogP contribution is 2.14. The van der Waals surface area contributed by atoms with Crippen molar-refractivity contribution in [1.29, 1.82) is 0 Å². The third-order valence-corrected chi connectivity index (χ3v) is 5.46. The number of nitrogens with zero attached hydrogens (tertiary/aromatic N) is 4. The SMILES string of the molecule is CCNC(=NCc1cccc(C(=O)NC(C)CC)c1)NC1CCc2nc(COC)nn2C1. The lowest BCUT2D eigenvalue weighted by Crippen LogP contribution is -2.47. The van der Waals surface area contributed by atoms with Gasteiger partial charge in [0.15, 0.2) is 11.8 Å². The summed E-state index contributed by atoms with van der Waals surface area (Å²) in [6.07, 6.45) is 2.72. The van der Waals surface area contributed by atoms with Crippen LogP contribution in [-0.2, 0) is 30.9 Å². The number of carbonyl (C=O) groups is 1. The minimum atomic E-state index is -0.0473. The van der Waals surface area contributed by atoms with Gasteiger partial charge < -0.3 is 20.7 Å².